The Labute approximate surface area is 108 Å². The van der Waals surface area contributed by atoms with E-state index in [1.807, 2.05) is 0 Å². The summed E-state index contributed by atoms with van der Waals surface area (Å²) in [5.74, 6) is -0.733. The smallest absolute Gasteiger partial charge is 0.417 e. The Morgan fingerprint density at radius 1 is 1.18 bits per heavy atom. The van der Waals surface area contributed by atoms with Gasteiger partial charge in [0.1, 0.15) is 11.6 Å². The van der Waals surface area contributed by atoms with Crippen LogP contribution in [0.5, 0.6) is 0 Å². The van der Waals surface area contributed by atoms with Crippen LogP contribution >= 0.6 is 22.6 Å². The quantitative estimate of drug-likeness (QED) is 0.533. The molecule has 0 aliphatic carbocycles. The molecular formula is C11H5F4IO. The molecule has 0 saturated carbocycles. The fourth-order valence-electron chi connectivity index (χ4n) is 1.41. The summed E-state index contributed by atoms with van der Waals surface area (Å²) < 4.78 is 56.0. The summed E-state index contributed by atoms with van der Waals surface area (Å²) in [5.41, 5.74) is -0.896. The number of alkyl halides is 3. The zero-order chi connectivity index (χ0) is 12.6. The summed E-state index contributed by atoms with van der Waals surface area (Å²) in [5, 5.41) is 0. The van der Waals surface area contributed by atoms with E-state index in [9.17, 15) is 17.6 Å². The van der Waals surface area contributed by atoms with Gasteiger partial charge in [-0.3, -0.25) is 0 Å². The van der Waals surface area contributed by atoms with Gasteiger partial charge in [0.15, 0.2) is 0 Å². The van der Waals surface area contributed by atoms with E-state index in [0.717, 1.165) is 6.07 Å². The first kappa shape index (κ1) is 12.4. The van der Waals surface area contributed by atoms with Gasteiger partial charge in [-0.1, -0.05) is 0 Å². The van der Waals surface area contributed by atoms with Crippen LogP contribution < -0.4 is 0 Å². The van der Waals surface area contributed by atoms with Crippen LogP contribution in [0, 0.1) is 9.39 Å². The van der Waals surface area contributed by atoms with Crippen molar-refractivity contribution in [3.63, 3.8) is 0 Å². The second-order valence-corrected chi connectivity index (χ2v) is 4.37. The van der Waals surface area contributed by atoms with Crippen molar-refractivity contribution in [1.82, 2.24) is 0 Å². The maximum Gasteiger partial charge on any atom is 0.417 e. The van der Waals surface area contributed by atoms with Crippen molar-refractivity contribution in [2.24, 2.45) is 0 Å². The zero-order valence-electron chi connectivity index (χ0n) is 8.18. The van der Waals surface area contributed by atoms with Crippen molar-refractivity contribution >= 4 is 22.6 Å². The normalized spacial score (nSPS) is 11.8. The average Bonchev–Trinajstić information content (AvgIpc) is 2.72. The van der Waals surface area contributed by atoms with Crippen molar-refractivity contribution < 1.29 is 22.0 Å². The SMILES string of the molecule is Fc1cc(-c2ccco2)c(I)c(C(F)(F)F)c1. The molecule has 90 valence electrons. The lowest BCUT2D eigenvalue weighted by Gasteiger charge is -2.12. The van der Waals surface area contributed by atoms with E-state index in [1.165, 1.54) is 41.0 Å². The lowest BCUT2D eigenvalue weighted by atomic mass is 10.1. The topological polar surface area (TPSA) is 13.1 Å². The summed E-state index contributed by atoms with van der Waals surface area (Å²) in [6.45, 7) is 0. The molecule has 2 rings (SSSR count). The molecule has 0 bridgehead atoms. The highest BCUT2D eigenvalue weighted by molar-refractivity contribution is 14.1. The van der Waals surface area contributed by atoms with Crippen molar-refractivity contribution in [3.05, 3.63) is 45.5 Å². The molecule has 0 N–H and O–H groups in total. The van der Waals surface area contributed by atoms with Crippen molar-refractivity contribution in [3.8, 4) is 11.3 Å². The molecule has 6 heteroatoms. The highest BCUT2D eigenvalue weighted by Crippen LogP contribution is 2.38. The fraction of sp³-hybridized carbons (Fsp3) is 0.0909. The summed E-state index contributed by atoms with van der Waals surface area (Å²) in [4.78, 5) is 0. The molecule has 2 aromatic rings. The Hall–Kier alpha value is -1.05. The monoisotopic (exact) mass is 356 g/mol. The Morgan fingerprint density at radius 3 is 2.41 bits per heavy atom. The summed E-state index contributed by atoms with van der Waals surface area (Å²) in [6, 6.07) is 4.52. The summed E-state index contributed by atoms with van der Waals surface area (Å²) in [6.07, 6.45) is -3.26. The molecule has 0 atom stereocenters. The third kappa shape index (κ3) is 2.46. The van der Waals surface area contributed by atoms with Gasteiger partial charge in [-0.15, -0.1) is 0 Å². The summed E-state index contributed by atoms with van der Waals surface area (Å²) >= 11 is 1.54. The van der Waals surface area contributed by atoms with Crippen LogP contribution in [-0.4, -0.2) is 0 Å². The van der Waals surface area contributed by atoms with E-state index in [4.69, 9.17) is 4.42 Å². The summed E-state index contributed by atoms with van der Waals surface area (Å²) in [7, 11) is 0. The first-order valence-corrected chi connectivity index (χ1v) is 5.57. The molecule has 0 fully saturated rings. The molecule has 1 aromatic carbocycles. The van der Waals surface area contributed by atoms with Gasteiger partial charge >= 0.3 is 6.18 Å². The molecule has 0 aliphatic rings. The third-order valence-corrected chi connectivity index (χ3v) is 3.29. The molecule has 17 heavy (non-hydrogen) atoms. The van der Waals surface area contributed by atoms with Crippen LogP contribution in [0.3, 0.4) is 0 Å². The molecule has 1 nitrogen and oxygen atoms in total. The maximum atomic E-state index is 13.2. The van der Waals surface area contributed by atoms with Gasteiger partial charge < -0.3 is 4.42 Å². The van der Waals surface area contributed by atoms with Gasteiger partial charge in [0.25, 0.3) is 0 Å². The first-order chi connectivity index (χ1) is 7.89. The minimum absolute atomic E-state index is 0.0774. The van der Waals surface area contributed by atoms with Gasteiger partial charge in [-0.2, -0.15) is 13.2 Å². The molecule has 0 unspecified atom stereocenters. The predicted octanol–water partition coefficient (Wildman–Crippen LogP) is 4.71. The zero-order valence-corrected chi connectivity index (χ0v) is 10.3. The average molecular weight is 356 g/mol. The maximum absolute atomic E-state index is 13.2. The Balaban J connectivity index is 2.66. The number of benzene rings is 1. The van der Waals surface area contributed by atoms with Gasteiger partial charge in [0, 0.05) is 9.13 Å². The standard InChI is InChI=1S/C11H5F4IO/c12-6-4-7(9-2-1-3-17-9)10(16)8(5-6)11(13,14)15/h1-5H. The fourth-order valence-corrected chi connectivity index (χ4v) is 2.29. The second kappa shape index (κ2) is 4.32. The number of halogens is 5. The van der Waals surface area contributed by atoms with Crippen molar-refractivity contribution in [2.45, 2.75) is 6.18 Å². The molecule has 0 radical (unpaired) electrons. The minimum Gasteiger partial charge on any atom is -0.464 e. The van der Waals surface area contributed by atoms with Crippen LogP contribution in [0.4, 0.5) is 17.6 Å². The van der Waals surface area contributed by atoms with Gasteiger partial charge in [-0.05, 0) is 46.9 Å². The van der Waals surface area contributed by atoms with E-state index in [0.29, 0.717) is 6.07 Å². The highest BCUT2D eigenvalue weighted by atomic mass is 127. The van der Waals surface area contributed by atoms with Crippen LogP contribution in [-0.2, 0) is 6.18 Å². The van der Waals surface area contributed by atoms with E-state index < -0.39 is 17.6 Å². The first-order valence-electron chi connectivity index (χ1n) is 4.49. The van der Waals surface area contributed by atoms with E-state index in [2.05, 4.69) is 0 Å². The lowest BCUT2D eigenvalue weighted by Crippen LogP contribution is -2.09. The highest BCUT2D eigenvalue weighted by Gasteiger charge is 2.35. The van der Waals surface area contributed by atoms with Crippen LogP contribution in [0.2, 0.25) is 0 Å². The van der Waals surface area contributed by atoms with Gasteiger partial charge in [-0.25, -0.2) is 4.39 Å². The van der Waals surface area contributed by atoms with Crippen LogP contribution in [0.15, 0.2) is 34.9 Å². The Bertz CT molecular complexity index is 531. The van der Waals surface area contributed by atoms with E-state index >= 15 is 0 Å². The number of hydrogen-bond acceptors (Lipinski definition) is 1. The predicted molar refractivity (Wildman–Crippen MR) is 61.8 cm³/mol. The molecular weight excluding hydrogens is 351 g/mol. The lowest BCUT2D eigenvalue weighted by molar-refractivity contribution is -0.138. The molecule has 0 amide bonds. The molecule has 1 aromatic heterocycles. The van der Waals surface area contributed by atoms with Gasteiger partial charge in [0.05, 0.1) is 11.8 Å². The third-order valence-electron chi connectivity index (χ3n) is 2.13. The molecule has 1 heterocycles. The number of furan rings is 1. The van der Waals surface area contributed by atoms with Crippen molar-refractivity contribution in [1.29, 1.82) is 0 Å². The van der Waals surface area contributed by atoms with Crippen molar-refractivity contribution in [2.75, 3.05) is 0 Å². The second-order valence-electron chi connectivity index (χ2n) is 3.29. The van der Waals surface area contributed by atoms with Crippen LogP contribution in [0.1, 0.15) is 5.56 Å². The molecule has 0 saturated heterocycles. The number of hydrogen-bond donors (Lipinski definition) is 0. The van der Waals surface area contributed by atoms with Crippen LogP contribution in [0.25, 0.3) is 11.3 Å². The van der Waals surface area contributed by atoms with E-state index in [-0.39, 0.29) is 14.9 Å². The number of rotatable bonds is 1. The Morgan fingerprint density at radius 2 is 1.88 bits per heavy atom. The molecule has 0 spiro atoms. The van der Waals surface area contributed by atoms with E-state index in [1.54, 1.807) is 0 Å². The minimum atomic E-state index is -4.58. The molecule has 0 aliphatic heterocycles. The van der Waals surface area contributed by atoms with Gasteiger partial charge in [0.2, 0.25) is 0 Å². The Kier molecular flexibility index (Phi) is 3.15. The largest absolute Gasteiger partial charge is 0.464 e.